The van der Waals surface area contributed by atoms with Crippen LogP contribution in [0.15, 0.2) is 67.3 Å². The van der Waals surface area contributed by atoms with Gasteiger partial charge in [0.2, 0.25) is 0 Å². The Labute approximate surface area is 171 Å². The molecule has 0 spiro atoms. The van der Waals surface area contributed by atoms with E-state index in [1.54, 1.807) is 25.1 Å². The average molecular weight is 392 g/mol. The minimum Gasteiger partial charge on any atom is -0.393 e. The van der Waals surface area contributed by atoms with Gasteiger partial charge < -0.3 is 5.11 Å². The van der Waals surface area contributed by atoms with Gasteiger partial charge in [0, 0.05) is 5.56 Å². The fourth-order valence-electron chi connectivity index (χ4n) is 3.41. The zero-order valence-corrected chi connectivity index (χ0v) is 16.7. The largest absolute Gasteiger partial charge is 0.393 e. The second kappa shape index (κ2) is 9.62. The number of aliphatic hydroxyl groups excluding tert-OH is 1. The first-order valence-corrected chi connectivity index (χ1v) is 9.96. The molecule has 150 valence electrons. The van der Waals surface area contributed by atoms with E-state index >= 15 is 0 Å². The summed E-state index contributed by atoms with van der Waals surface area (Å²) < 4.78 is 28.8. The van der Waals surface area contributed by atoms with E-state index in [9.17, 15) is 13.9 Å². The Kier molecular flexibility index (Phi) is 6.95. The number of benzene rings is 3. The van der Waals surface area contributed by atoms with Crippen LogP contribution in [0, 0.1) is 11.6 Å². The van der Waals surface area contributed by atoms with Gasteiger partial charge >= 0.3 is 0 Å². The molecule has 0 aliphatic rings. The first-order chi connectivity index (χ1) is 14.0. The van der Waals surface area contributed by atoms with Crippen LogP contribution in [0.2, 0.25) is 0 Å². The topological polar surface area (TPSA) is 20.2 Å². The molecule has 3 aromatic carbocycles. The van der Waals surface area contributed by atoms with E-state index in [-0.39, 0.29) is 11.7 Å². The Hall–Kier alpha value is -2.78. The minimum absolute atomic E-state index is 0.255. The van der Waals surface area contributed by atoms with Gasteiger partial charge in [0.1, 0.15) is 0 Å². The average Bonchev–Trinajstić information content (AvgIpc) is 2.71. The van der Waals surface area contributed by atoms with E-state index in [2.05, 4.69) is 24.8 Å². The van der Waals surface area contributed by atoms with E-state index in [4.69, 9.17) is 0 Å². The summed E-state index contributed by atoms with van der Waals surface area (Å²) in [7, 11) is 0. The van der Waals surface area contributed by atoms with E-state index in [1.165, 1.54) is 0 Å². The second-order valence-corrected chi connectivity index (χ2v) is 7.40. The van der Waals surface area contributed by atoms with Gasteiger partial charge in [-0.2, -0.15) is 0 Å². The van der Waals surface area contributed by atoms with Gasteiger partial charge in [-0.15, -0.1) is 6.58 Å². The van der Waals surface area contributed by atoms with Gasteiger partial charge in [-0.25, -0.2) is 8.78 Å². The van der Waals surface area contributed by atoms with Gasteiger partial charge in [-0.3, -0.25) is 0 Å². The van der Waals surface area contributed by atoms with Gasteiger partial charge in [-0.1, -0.05) is 54.6 Å². The number of rotatable bonds is 8. The van der Waals surface area contributed by atoms with Crippen molar-refractivity contribution in [3.05, 3.63) is 90.0 Å². The highest BCUT2D eigenvalue weighted by molar-refractivity contribution is 5.89. The standard InChI is InChI=1S/C26H26F2O/c1-3-7-20-14-15-24(26(28)25(20)27)23-13-12-21-16-19(10-11-22(21)17-23)9-6-4-5-8-18(2)29/h3,6,9-18,29H,1,4-5,7-8H2,2H3/b9-6+. The van der Waals surface area contributed by atoms with Crippen molar-refractivity contribution < 1.29 is 13.9 Å². The third-order valence-corrected chi connectivity index (χ3v) is 5.00. The fraction of sp³-hybridized carbons (Fsp3) is 0.231. The van der Waals surface area contributed by atoms with Crippen molar-refractivity contribution in [2.45, 2.75) is 38.7 Å². The van der Waals surface area contributed by atoms with Crippen molar-refractivity contribution >= 4 is 16.8 Å². The number of fused-ring (bicyclic) bond motifs is 1. The van der Waals surface area contributed by atoms with E-state index in [0.717, 1.165) is 35.6 Å². The summed E-state index contributed by atoms with van der Waals surface area (Å²) in [6, 6.07) is 15.0. The summed E-state index contributed by atoms with van der Waals surface area (Å²) in [4.78, 5) is 0. The van der Waals surface area contributed by atoms with Crippen molar-refractivity contribution in [3.63, 3.8) is 0 Å². The molecule has 0 aliphatic carbocycles. The van der Waals surface area contributed by atoms with Crippen molar-refractivity contribution in [1.82, 2.24) is 0 Å². The normalized spacial score (nSPS) is 12.6. The van der Waals surface area contributed by atoms with Crippen LogP contribution in [0.25, 0.3) is 28.0 Å². The predicted molar refractivity (Wildman–Crippen MR) is 118 cm³/mol. The van der Waals surface area contributed by atoms with Crippen LogP contribution in [0.4, 0.5) is 8.78 Å². The number of allylic oxidation sites excluding steroid dienone is 2. The third-order valence-electron chi connectivity index (χ3n) is 5.00. The third kappa shape index (κ3) is 5.18. The molecule has 0 aliphatic heterocycles. The summed E-state index contributed by atoms with van der Waals surface area (Å²) >= 11 is 0. The Morgan fingerprint density at radius 3 is 2.52 bits per heavy atom. The quantitative estimate of drug-likeness (QED) is 0.321. The Bertz CT molecular complexity index is 1030. The highest BCUT2D eigenvalue weighted by Gasteiger charge is 2.14. The minimum atomic E-state index is -0.819. The Morgan fingerprint density at radius 1 is 1.00 bits per heavy atom. The summed E-state index contributed by atoms with van der Waals surface area (Å²) in [5.41, 5.74) is 2.32. The molecule has 0 saturated carbocycles. The second-order valence-electron chi connectivity index (χ2n) is 7.40. The molecule has 3 rings (SSSR count). The van der Waals surface area contributed by atoms with Gasteiger partial charge in [0.05, 0.1) is 6.10 Å². The highest BCUT2D eigenvalue weighted by atomic mass is 19.2. The molecule has 0 saturated heterocycles. The molecule has 3 aromatic rings. The number of hydrogen-bond acceptors (Lipinski definition) is 1. The molecule has 29 heavy (non-hydrogen) atoms. The number of unbranched alkanes of at least 4 members (excludes halogenated alkanes) is 1. The van der Waals surface area contributed by atoms with E-state index < -0.39 is 11.6 Å². The van der Waals surface area contributed by atoms with Crippen LogP contribution < -0.4 is 0 Å². The maximum atomic E-state index is 14.6. The van der Waals surface area contributed by atoms with Crippen LogP contribution in [0.1, 0.15) is 37.3 Å². The lowest BCUT2D eigenvalue weighted by Gasteiger charge is -2.09. The predicted octanol–water partition coefficient (Wildman–Crippen LogP) is 7.08. The van der Waals surface area contributed by atoms with Crippen LogP contribution in [-0.4, -0.2) is 11.2 Å². The lowest BCUT2D eigenvalue weighted by atomic mass is 9.97. The first kappa shape index (κ1) is 20.9. The summed E-state index contributed by atoms with van der Waals surface area (Å²) in [5, 5.41) is 11.3. The summed E-state index contributed by atoms with van der Waals surface area (Å²) in [6.45, 7) is 5.38. The van der Waals surface area contributed by atoms with Crippen molar-refractivity contribution in [2.24, 2.45) is 0 Å². The monoisotopic (exact) mass is 392 g/mol. The molecule has 1 unspecified atom stereocenters. The molecule has 0 fully saturated rings. The highest BCUT2D eigenvalue weighted by Crippen LogP contribution is 2.30. The Morgan fingerprint density at radius 2 is 1.76 bits per heavy atom. The summed E-state index contributed by atoms with van der Waals surface area (Å²) in [5.74, 6) is -1.63. The molecule has 0 aromatic heterocycles. The molecule has 1 N–H and O–H groups in total. The maximum absolute atomic E-state index is 14.6. The molecule has 3 heteroatoms. The number of hydrogen-bond donors (Lipinski definition) is 1. The zero-order chi connectivity index (χ0) is 20.8. The molecule has 0 bridgehead atoms. The number of halogens is 2. The molecule has 0 amide bonds. The van der Waals surface area contributed by atoms with Crippen molar-refractivity contribution in [2.75, 3.05) is 0 Å². The van der Waals surface area contributed by atoms with Crippen LogP contribution in [0.5, 0.6) is 0 Å². The van der Waals surface area contributed by atoms with Crippen molar-refractivity contribution in [3.8, 4) is 11.1 Å². The molecular weight excluding hydrogens is 366 g/mol. The van der Waals surface area contributed by atoms with Crippen LogP contribution >= 0.6 is 0 Å². The Balaban J connectivity index is 1.82. The molecule has 0 heterocycles. The van der Waals surface area contributed by atoms with Gasteiger partial charge in [0.15, 0.2) is 11.6 Å². The van der Waals surface area contributed by atoms with E-state index in [0.29, 0.717) is 17.5 Å². The summed E-state index contributed by atoms with van der Waals surface area (Å²) in [6.07, 6.45) is 8.48. The van der Waals surface area contributed by atoms with Crippen molar-refractivity contribution in [1.29, 1.82) is 0 Å². The lowest BCUT2D eigenvalue weighted by molar-refractivity contribution is 0.182. The van der Waals surface area contributed by atoms with Crippen LogP contribution in [0.3, 0.4) is 0 Å². The number of aliphatic hydroxyl groups is 1. The first-order valence-electron chi connectivity index (χ1n) is 9.96. The van der Waals surface area contributed by atoms with Crippen LogP contribution in [-0.2, 0) is 6.42 Å². The molecule has 0 radical (unpaired) electrons. The molecule has 1 nitrogen and oxygen atoms in total. The maximum Gasteiger partial charge on any atom is 0.166 e. The van der Waals surface area contributed by atoms with E-state index in [1.807, 2.05) is 30.3 Å². The smallest absolute Gasteiger partial charge is 0.166 e. The SMILES string of the molecule is C=CCc1ccc(-c2ccc3cc(/C=C/CCCC(C)O)ccc3c2)c(F)c1F. The zero-order valence-electron chi connectivity index (χ0n) is 16.7. The van der Waals surface area contributed by atoms with Gasteiger partial charge in [0.25, 0.3) is 0 Å². The van der Waals surface area contributed by atoms with Gasteiger partial charge in [-0.05, 0) is 72.2 Å². The fourth-order valence-corrected chi connectivity index (χ4v) is 3.41. The molecular formula is C26H26F2O. The lowest BCUT2D eigenvalue weighted by Crippen LogP contribution is -1.97. The molecule has 1 atom stereocenters.